The Morgan fingerprint density at radius 1 is 0.905 bits per heavy atom. The van der Waals surface area contributed by atoms with Crippen molar-refractivity contribution in [1.82, 2.24) is 20.2 Å². The Balaban J connectivity index is 1.15. The maximum Gasteiger partial charge on any atom is 0.407 e. The van der Waals surface area contributed by atoms with E-state index in [1.165, 1.54) is 12.4 Å². The van der Waals surface area contributed by atoms with Crippen molar-refractivity contribution in [3.8, 4) is 11.1 Å². The number of piperidine rings is 1. The van der Waals surface area contributed by atoms with Crippen LogP contribution >= 0.6 is 0 Å². The van der Waals surface area contributed by atoms with Crippen LogP contribution in [-0.4, -0.2) is 52.6 Å². The first-order valence-electron chi connectivity index (χ1n) is 14.1. The Morgan fingerprint density at radius 2 is 1.55 bits per heavy atom. The van der Waals surface area contributed by atoms with E-state index in [0.29, 0.717) is 25.9 Å². The second-order valence-corrected chi connectivity index (χ2v) is 10.7. The molecule has 9 heteroatoms. The number of carbonyl (C=O) groups is 2. The molecule has 2 amide bonds. The van der Waals surface area contributed by atoms with E-state index in [1.54, 1.807) is 11.0 Å². The molecule has 42 heavy (non-hydrogen) atoms. The van der Waals surface area contributed by atoms with E-state index in [9.17, 15) is 18.4 Å². The fraction of sp³-hybridized carbons (Fsp3) is 0.273. The van der Waals surface area contributed by atoms with Gasteiger partial charge in [-0.05, 0) is 77.3 Å². The average molecular weight is 569 g/mol. The van der Waals surface area contributed by atoms with Crippen LogP contribution < -0.4 is 5.32 Å². The molecule has 1 atom stereocenters. The third kappa shape index (κ3) is 5.72. The summed E-state index contributed by atoms with van der Waals surface area (Å²) >= 11 is 0. The predicted molar refractivity (Wildman–Crippen MR) is 153 cm³/mol. The highest BCUT2D eigenvalue weighted by atomic mass is 19.1. The van der Waals surface area contributed by atoms with Gasteiger partial charge in [0.15, 0.2) is 0 Å². The van der Waals surface area contributed by atoms with E-state index < -0.39 is 23.8 Å². The highest BCUT2D eigenvalue weighted by Crippen LogP contribution is 2.44. The minimum absolute atomic E-state index is 0.0890. The summed E-state index contributed by atoms with van der Waals surface area (Å²) in [7, 11) is 0. The zero-order chi connectivity index (χ0) is 29.1. The van der Waals surface area contributed by atoms with E-state index in [1.807, 2.05) is 36.4 Å². The van der Waals surface area contributed by atoms with E-state index in [-0.39, 0.29) is 42.2 Å². The molecule has 2 heterocycles. The summed E-state index contributed by atoms with van der Waals surface area (Å²) in [6.07, 6.45) is 3.64. The molecule has 1 unspecified atom stereocenters. The number of likely N-dealkylation sites (tertiary alicyclic amines) is 1. The molecular formula is C33H30F2N4O3. The monoisotopic (exact) mass is 568 g/mol. The molecule has 4 aromatic rings. The molecule has 1 fully saturated rings. The average Bonchev–Trinajstić information content (AvgIpc) is 3.35. The van der Waals surface area contributed by atoms with E-state index in [0.717, 1.165) is 40.5 Å². The molecule has 0 radical (unpaired) electrons. The van der Waals surface area contributed by atoms with Crippen LogP contribution in [0.25, 0.3) is 11.1 Å². The minimum atomic E-state index is -0.616. The molecule has 1 aromatic heterocycles. The van der Waals surface area contributed by atoms with Crippen LogP contribution in [0.5, 0.6) is 0 Å². The van der Waals surface area contributed by atoms with Crippen LogP contribution in [0.3, 0.4) is 0 Å². The standard InChI is InChI=1S/C33H30F2N4O3/c34-23-10-11-29(35)22(18-23)19-30(21-12-16-39(17-13-21)32(40)31-36-14-5-15-37-31)38-33(41)42-20-28-26-8-3-1-6-24(26)25-7-2-4-9-27(25)28/h1-11,14-15,18,21,28,30H,12-13,16-17,19-20H2,(H,38,41). The number of fused-ring (bicyclic) bond motifs is 3. The molecule has 1 aliphatic heterocycles. The Labute approximate surface area is 242 Å². The van der Waals surface area contributed by atoms with Crippen molar-refractivity contribution < 1.29 is 23.1 Å². The molecule has 1 N–H and O–H groups in total. The molecular weight excluding hydrogens is 538 g/mol. The highest BCUT2D eigenvalue weighted by Gasteiger charge is 2.33. The first-order valence-corrected chi connectivity index (χ1v) is 14.1. The summed E-state index contributed by atoms with van der Waals surface area (Å²) in [6.45, 7) is 0.997. The summed E-state index contributed by atoms with van der Waals surface area (Å²) in [5, 5.41) is 2.95. The van der Waals surface area contributed by atoms with Gasteiger partial charge < -0.3 is 15.0 Å². The molecule has 0 bridgehead atoms. The lowest BCUT2D eigenvalue weighted by Gasteiger charge is -2.36. The van der Waals surface area contributed by atoms with Crippen LogP contribution in [0, 0.1) is 17.6 Å². The second kappa shape index (κ2) is 12.1. The number of halogens is 2. The van der Waals surface area contributed by atoms with Gasteiger partial charge in [-0.1, -0.05) is 48.5 Å². The Bertz CT molecular complexity index is 1550. The molecule has 214 valence electrons. The van der Waals surface area contributed by atoms with Crippen LogP contribution in [0.4, 0.5) is 13.6 Å². The number of rotatable bonds is 7. The Morgan fingerprint density at radius 3 is 2.21 bits per heavy atom. The molecule has 0 spiro atoms. The minimum Gasteiger partial charge on any atom is -0.449 e. The zero-order valence-corrected chi connectivity index (χ0v) is 22.9. The highest BCUT2D eigenvalue weighted by molar-refractivity contribution is 5.90. The number of amides is 2. The normalized spacial score (nSPS) is 15.5. The molecule has 7 nitrogen and oxygen atoms in total. The summed E-state index contributed by atoms with van der Waals surface area (Å²) < 4.78 is 34.4. The van der Waals surface area contributed by atoms with Gasteiger partial charge in [0.25, 0.3) is 5.91 Å². The lowest BCUT2D eigenvalue weighted by molar-refractivity contribution is 0.0651. The summed E-state index contributed by atoms with van der Waals surface area (Å²) in [6, 6.07) is 20.6. The molecule has 3 aromatic carbocycles. The Hall–Kier alpha value is -4.66. The summed E-state index contributed by atoms with van der Waals surface area (Å²) in [4.78, 5) is 35.8. The van der Waals surface area contributed by atoms with Crippen LogP contribution in [0.15, 0.2) is 85.2 Å². The molecule has 0 saturated carbocycles. The van der Waals surface area contributed by atoms with Crippen LogP contribution in [0.1, 0.15) is 46.1 Å². The largest absolute Gasteiger partial charge is 0.449 e. The maximum atomic E-state index is 14.6. The topological polar surface area (TPSA) is 84.4 Å². The van der Waals surface area contributed by atoms with Gasteiger partial charge in [-0.15, -0.1) is 0 Å². The van der Waals surface area contributed by atoms with E-state index >= 15 is 0 Å². The third-order valence-corrected chi connectivity index (χ3v) is 8.25. The number of nitrogens with zero attached hydrogens (tertiary/aromatic N) is 3. The van der Waals surface area contributed by atoms with Gasteiger partial charge in [-0.2, -0.15) is 0 Å². The van der Waals surface area contributed by atoms with Gasteiger partial charge >= 0.3 is 6.09 Å². The second-order valence-electron chi connectivity index (χ2n) is 10.7. The van der Waals surface area contributed by atoms with Crippen molar-refractivity contribution in [3.05, 3.63) is 119 Å². The summed E-state index contributed by atoms with van der Waals surface area (Å²) in [5.41, 5.74) is 4.64. The van der Waals surface area contributed by atoms with Crippen molar-refractivity contribution in [2.45, 2.75) is 31.2 Å². The van der Waals surface area contributed by atoms with Crippen LogP contribution in [0.2, 0.25) is 0 Å². The number of hydrogen-bond acceptors (Lipinski definition) is 5. The van der Waals surface area contributed by atoms with Gasteiger partial charge in [0.1, 0.15) is 18.2 Å². The van der Waals surface area contributed by atoms with Gasteiger partial charge in [0.2, 0.25) is 5.82 Å². The maximum absolute atomic E-state index is 14.6. The molecule has 1 aliphatic carbocycles. The molecule has 6 rings (SSSR count). The lowest BCUT2D eigenvalue weighted by atomic mass is 9.85. The first kappa shape index (κ1) is 27.5. The number of carbonyl (C=O) groups excluding carboxylic acids is 2. The van der Waals surface area contributed by atoms with Gasteiger partial charge in [-0.25, -0.2) is 23.5 Å². The fourth-order valence-electron chi connectivity index (χ4n) is 6.12. The first-order chi connectivity index (χ1) is 20.5. The zero-order valence-electron chi connectivity index (χ0n) is 22.9. The van der Waals surface area contributed by atoms with Crippen molar-refractivity contribution >= 4 is 12.0 Å². The fourth-order valence-corrected chi connectivity index (χ4v) is 6.12. The SMILES string of the molecule is O=C(NC(Cc1cc(F)ccc1F)C1CCN(C(=O)c2ncccn2)CC1)OCC1c2ccccc2-c2ccccc21. The van der Waals surface area contributed by atoms with Gasteiger partial charge in [0, 0.05) is 37.4 Å². The number of nitrogens with one attached hydrogen (secondary N) is 1. The number of benzene rings is 3. The van der Waals surface area contributed by atoms with Crippen molar-refractivity contribution in [3.63, 3.8) is 0 Å². The predicted octanol–water partition coefficient (Wildman–Crippen LogP) is 5.76. The van der Waals surface area contributed by atoms with Crippen molar-refractivity contribution in [2.24, 2.45) is 5.92 Å². The van der Waals surface area contributed by atoms with Crippen molar-refractivity contribution in [2.75, 3.05) is 19.7 Å². The van der Waals surface area contributed by atoms with Crippen LogP contribution in [-0.2, 0) is 11.2 Å². The molecule has 2 aliphatic rings. The number of alkyl carbamates (subject to hydrolysis) is 1. The van der Waals surface area contributed by atoms with Gasteiger partial charge in [0.05, 0.1) is 0 Å². The Kier molecular flexibility index (Phi) is 7.90. The van der Waals surface area contributed by atoms with E-state index in [4.69, 9.17) is 4.74 Å². The van der Waals surface area contributed by atoms with E-state index in [2.05, 4.69) is 27.4 Å². The number of hydrogen-bond donors (Lipinski definition) is 1. The van der Waals surface area contributed by atoms with Crippen molar-refractivity contribution in [1.29, 1.82) is 0 Å². The number of ether oxygens (including phenoxy) is 1. The van der Waals surface area contributed by atoms with Gasteiger partial charge in [-0.3, -0.25) is 4.79 Å². The molecule has 1 saturated heterocycles. The third-order valence-electron chi connectivity index (χ3n) is 8.25. The quantitative estimate of drug-likeness (QED) is 0.307. The smallest absolute Gasteiger partial charge is 0.407 e. The number of aromatic nitrogens is 2. The summed E-state index contributed by atoms with van der Waals surface area (Å²) in [5.74, 6) is -1.40. The lowest BCUT2D eigenvalue weighted by Crippen LogP contribution is -2.48.